The molecule has 0 aliphatic carbocycles. The molecular formula is C14H26N4O2. The van der Waals surface area contributed by atoms with E-state index in [1.807, 2.05) is 4.90 Å². The lowest BCUT2D eigenvalue weighted by molar-refractivity contribution is -0.130. The van der Waals surface area contributed by atoms with E-state index in [2.05, 4.69) is 15.5 Å². The summed E-state index contributed by atoms with van der Waals surface area (Å²) >= 11 is 0. The van der Waals surface area contributed by atoms with Crippen molar-refractivity contribution in [2.45, 2.75) is 25.7 Å². The van der Waals surface area contributed by atoms with Gasteiger partial charge in [0.1, 0.15) is 0 Å². The minimum Gasteiger partial charge on any atom is -0.354 e. The summed E-state index contributed by atoms with van der Waals surface area (Å²) in [5, 5.41) is 6.17. The Morgan fingerprint density at radius 3 is 2.60 bits per heavy atom. The number of rotatable bonds is 5. The van der Waals surface area contributed by atoms with Gasteiger partial charge in [-0.05, 0) is 32.4 Å². The predicted molar refractivity (Wildman–Crippen MR) is 77.4 cm³/mol. The van der Waals surface area contributed by atoms with Gasteiger partial charge in [-0.3, -0.25) is 14.5 Å². The normalized spacial score (nSPS) is 20.7. The number of amides is 2. The van der Waals surface area contributed by atoms with Crippen LogP contribution in [0.1, 0.15) is 25.7 Å². The topological polar surface area (TPSA) is 64.7 Å². The molecule has 0 bridgehead atoms. The average molecular weight is 282 g/mol. The fourth-order valence-electron chi connectivity index (χ4n) is 2.75. The van der Waals surface area contributed by atoms with Crippen LogP contribution in [0.2, 0.25) is 0 Å². The molecule has 0 unspecified atom stereocenters. The summed E-state index contributed by atoms with van der Waals surface area (Å²) in [7, 11) is 0. The first kappa shape index (κ1) is 15.3. The molecule has 2 fully saturated rings. The van der Waals surface area contributed by atoms with Crippen LogP contribution in [0.5, 0.6) is 0 Å². The largest absolute Gasteiger partial charge is 0.354 e. The van der Waals surface area contributed by atoms with Gasteiger partial charge in [-0.25, -0.2) is 0 Å². The SMILES string of the molecule is O=C(CN1CCCNCC1)NCCC(=O)N1CCCC1. The summed E-state index contributed by atoms with van der Waals surface area (Å²) < 4.78 is 0. The number of carbonyl (C=O) groups excluding carboxylic acids is 2. The van der Waals surface area contributed by atoms with Crippen LogP contribution in [-0.4, -0.2) is 74.0 Å². The molecule has 114 valence electrons. The summed E-state index contributed by atoms with van der Waals surface area (Å²) in [6, 6.07) is 0. The maximum Gasteiger partial charge on any atom is 0.234 e. The van der Waals surface area contributed by atoms with Gasteiger partial charge in [-0.1, -0.05) is 0 Å². The molecule has 20 heavy (non-hydrogen) atoms. The van der Waals surface area contributed by atoms with Gasteiger partial charge in [0.2, 0.25) is 11.8 Å². The highest BCUT2D eigenvalue weighted by Gasteiger charge is 2.18. The third kappa shape index (κ3) is 5.09. The minimum atomic E-state index is 0.0288. The van der Waals surface area contributed by atoms with Gasteiger partial charge in [0, 0.05) is 39.1 Å². The Bertz CT molecular complexity index is 321. The van der Waals surface area contributed by atoms with E-state index < -0.39 is 0 Å². The van der Waals surface area contributed by atoms with Crippen LogP contribution in [-0.2, 0) is 9.59 Å². The number of hydrogen-bond donors (Lipinski definition) is 2. The van der Waals surface area contributed by atoms with Crippen LogP contribution >= 0.6 is 0 Å². The molecule has 0 spiro atoms. The van der Waals surface area contributed by atoms with E-state index in [9.17, 15) is 9.59 Å². The molecule has 2 saturated heterocycles. The molecule has 2 amide bonds. The maximum absolute atomic E-state index is 11.8. The standard InChI is InChI=1S/C14H26N4O2/c19-13(12-17-8-3-5-15-7-11-17)16-6-4-14(20)18-9-1-2-10-18/h15H,1-12H2,(H,16,19). The van der Waals surface area contributed by atoms with E-state index in [4.69, 9.17) is 0 Å². The van der Waals surface area contributed by atoms with E-state index in [-0.39, 0.29) is 11.8 Å². The van der Waals surface area contributed by atoms with Gasteiger partial charge < -0.3 is 15.5 Å². The fraction of sp³-hybridized carbons (Fsp3) is 0.857. The van der Waals surface area contributed by atoms with Gasteiger partial charge in [-0.2, -0.15) is 0 Å². The summed E-state index contributed by atoms with van der Waals surface area (Å²) in [6.45, 7) is 6.53. The van der Waals surface area contributed by atoms with Crippen LogP contribution in [0.15, 0.2) is 0 Å². The molecular weight excluding hydrogens is 256 g/mol. The van der Waals surface area contributed by atoms with Crippen LogP contribution < -0.4 is 10.6 Å². The van der Waals surface area contributed by atoms with E-state index >= 15 is 0 Å². The Morgan fingerprint density at radius 2 is 1.80 bits per heavy atom. The Hall–Kier alpha value is -1.14. The molecule has 2 aliphatic heterocycles. The molecule has 0 atom stereocenters. The molecule has 2 N–H and O–H groups in total. The average Bonchev–Trinajstić information content (AvgIpc) is 2.85. The molecule has 2 rings (SSSR count). The Morgan fingerprint density at radius 1 is 1.00 bits per heavy atom. The predicted octanol–water partition coefficient (Wildman–Crippen LogP) is -0.590. The quantitative estimate of drug-likeness (QED) is 0.707. The summed E-state index contributed by atoms with van der Waals surface area (Å²) in [6.07, 6.45) is 3.73. The number of carbonyl (C=O) groups is 2. The van der Waals surface area contributed by atoms with E-state index in [1.165, 1.54) is 0 Å². The van der Waals surface area contributed by atoms with E-state index in [0.29, 0.717) is 19.5 Å². The maximum atomic E-state index is 11.8. The Kier molecular flexibility index (Phi) is 6.26. The van der Waals surface area contributed by atoms with Crippen molar-refractivity contribution >= 4 is 11.8 Å². The van der Waals surface area contributed by atoms with Crippen LogP contribution in [0.3, 0.4) is 0 Å². The summed E-state index contributed by atoms with van der Waals surface area (Å²) in [5.74, 6) is 0.197. The lowest BCUT2D eigenvalue weighted by Gasteiger charge is -2.19. The summed E-state index contributed by atoms with van der Waals surface area (Å²) in [5.41, 5.74) is 0. The second-order valence-corrected chi connectivity index (χ2v) is 5.57. The van der Waals surface area contributed by atoms with Crippen molar-refractivity contribution in [3.63, 3.8) is 0 Å². The van der Waals surface area contributed by atoms with Crippen molar-refractivity contribution < 1.29 is 9.59 Å². The Balaban J connectivity index is 1.58. The number of hydrogen-bond acceptors (Lipinski definition) is 4. The second kappa shape index (κ2) is 8.21. The zero-order chi connectivity index (χ0) is 14.2. The second-order valence-electron chi connectivity index (χ2n) is 5.57. The molecule has 0 radical (unpaired) electrons. The van der Waals surface area contributed by atoms with Gasteiger partial charge in [-0.15, -0.1) is 0 Å². The molecule has 0 aromatic heterocycles. The molecule has 6 heteroatoms. The monoisotopic (exact) mass is 282 g/mol. The highest BCUT2D eigenvalue weighted by Crippen LogP contribution is 2.08. The van der Waals surface area contributed by atoms with Gasteiger partial charge >= 0.3 is 0 Å². The first-order valence-electron chi connectivity index (χ1n) is 7.73. The first-order valence-corrected chi connectivity index (χ1v) is 7.73. The number of likely N-dealkylation sites (tertiary alicyclic amines) is 1. The first-order chi connectivity index (χ1) is 9.75. The zero-order valence-corrected chi connectivity index (χ0v) is 12.2. The molecule has 0 saturated carbocycles. The summed E-state index contributed by atoms with van der Waals surface area (Å²) in [4.78, 5) is 27.7. The van der Waals surface area contributed by atoms with Crippen LogP contribution in [0.25, 0.3) is 0 Å². The lowest BCUT2D eigenvalue weighted by Crippen LogP contribution is -2.40. The molecule has 2 heterocycles. The lowest BCUT2D eigenvalue weighted by atomic mass is 10.3. The van der Waals surface area contributed by atoms with Gasteiger partial charge in [0.15, 0.2) is 0 Å². The molecule has 6 nitrogen and oxygen atoms in total. The van der Waals surface area contributed by atoms with Crippen molar-refractivity contribution in [1.29, 1.82) is 0 Å². The molecule has 0 aromatic rings. The van der Waals surface area contributed by atoms with Crippen molar-refractivity contribution in [3.05, 3.63) is 0 Å². The third-order valence-electron chi connectivity index (χ3n) is 3.92. The van der Waals surface area contributed by atoms with Crippen molar-refractivity contribution in [2.75, 3.05) is 52.4 Å². The third-order valence-corrected chi connectivity index (χ3v) is 3.92. The highest BCUT2D eigenvalue weighted by molar-refractivity contribution is 5.80. The molecule has 2 aliphatic rings. The highest BCUT2D eigenvalue weighted by atomic mass is 16.2. The number of nitrogens with one attached hydrogen (secondary N) is 2. The van der Waals surface area contributed by atoms with E-state index in [1.54, 1.807) is 0 Å². The Labute approximate surface area is 120 Å². The van der Waals surface area contributed by atoms with Crippen molar-refractivity contribution in [2.24, 2.45) is 0 Å². The van der Waals surface area contributed by atoms with Gasteiger partial charge in [0.05, 0.1) is 6.54 Å². The zero-order valence-electron chi connectivity index (χ0n) is 12.2. The van der Waals surface area contributed by atoms with Crippen molar-refractivity contribution in [1.82, 2.24) is 20.4 Å². The smallest absolute Gasteiger partial charge is 0.234 e. The fourth-order valence-corrected chi connectivity index (χ4v) is 2.75. The van der Waals surface area contributed by atoms with Gasteiger partial charge in [0.25, 0.3) is 0 Å². The van der Waals surface area contributed by atoms with Crippen molar-refractivity contribution in [3.8, 4) is 0 Å². The minimum absolute atomic E-state index is 0.0288. The number of nitrogens with zero attached hydrogens (tertiary/aromatic N) is 2. The van der Waals surface area contributed by atoms with Crippen LogP contribution in [0.4, 0.5) is 0 Å². The van der Waals surface area contributed by atoms with E-state index in [0.717, 1.165) is 58.5 Å². The van der Waals surface area contributed by atoms with Crippen LogP contribution in [0, 0.1) is 0 Å². The molecule has 0 aromatic carbocycles.